The van der Waals surface area contributed by atoms with E-state index in [1.54, 1.807) is 31.2 Å². The summed E-state index contributed by atoms with van der Waals surface area (Å²) in [5, 5.41) is 14.7. The predicted octanol–water partition coefficient (Wildman–Crippen LogP) is 4.18. The maximum atomic E-state index is 13.1. The fourth-order valence-corrected chi connectivity index (χ4v) is 1.99. The molecule has 2 rings (SSSR count). The van der Waals surface area contributed by atoms with Crippen molar-refractivity contribution < 1.29 is 14.3 Å². The number of carbonyl (C=O) groups excluding carboxylic acids is 1. The van der Waals surface area contributed by atoms with Crippen molar-refractivity contribution in [3.63, 3.8) is 0 Å². The molecule has 6 heteroatoms. The van der Waals surface area contributed by atoms with Crippen molar-refractivity contribution in [2.75, 3.05) is 10.6 Å². The molecule has 2 aromatic carbocycles. The van der Waals surface area contributed by atoms with Crippen LogP contribution in [0.25, 0.3) is 0 Å². The van der Waals surface area contributed by atoms with Gasteiger partial charge in [0.15, 0.2) is 0 Å². The Hall–Kier alpha value is -2.11. The topological polar surface area (TPSA) is 61.4 Å². The Morgan fingerprint density at radius 3 is 2.33 bits per heavy atom. The van der Waals surface area contributed by atoms with Gasteiger partial charge in [-0.2, -0.15) is 0 Å². The average Bonchev–Trinajstić information content (AvgIpc) is 2.37. The highest BCUT2D eigenvalue weighted by molar-refractivity contribution is 6.30. The van der Waals surface area contributed by atoms with Crippen LogP contribution in [0.2, 0.25) is 5.02 Å². The minimum atomic E-state index is -0.567. The van der Waals surface area contributed by atoms with Crippen molar-refractivity contribution in [3.8, 4) is 0 Å². The summed E-state index contributed by atoms with van der Waals surface area (Å²) in [5.74, 6) is -0.529. The molecule has 1 unspecified atom stereocenters. The van der Waals surface area contributed by atoms with Gasteiger partial charge in [0, 0.05) is 16.4 Å². The Morgan fingerprint density at radius 2 is 1.76 bits per heavy atom. The lowest BCUT2D eigenvalue weighted by Crippen LogP contribution is -2.19. The van der Waals surface area contributed by atoms with Crippen molar-refractivity contribution in [2.24, 2.45) is 0 Å². The zero-order valence-corrected chi connectivity index (χ0v) is 12.0. The molecule has 0 aliphatic carbocycles. The maximum absolute atomic E-state index is 13.1. The molecule has 0 aliphatic heterocycles. The van der Waals surface area contributed by atoms with Crippen LogP contribution in [0.5, 0.6) is 0 Å². The van der Waals surface area contributed by atoms with Crippen LogP contribution in [0.1, 0.15) is 18.6 Å². The van der Waals surface area contributed by atoms with E-state index in [0.717, 1.165) is 11.6 Å². The molecule has 0 aliphatic rings. The molecule has 2 aromatic rings. The van der Waals surface area contributed by atoms with Gasteiger partial charge in [0.2, 0.25) is 0 Å². The lowest BCUT2D eigenvalue weighted by atomic mass is 10.1. The van der Waals surface area contributed by atoms with Crippen LogP contribution < -0.4 is 10.6 Å². The molecule has 2 amide bonds. The number of amides is 2. The molecule has 4 nitrogen and oxygen atoms in total. The van der Waals surface area contributed by atoms with E-state index in [1.807, 2.05) is 0 Å². The molecule has 110 valence electrons. The third-order valence-electron chi connectivity index (χ3n) is 2.77. The predicted molar refractivity (Wildman–Crippen MR) is 81.1 cm³/mol. The van der Waals surface area contributed by atoms with Crippen molar-refractivity contribution >= 4 is 29.0 Å². The van der Waals surface area contributed by atoms with E-state index < -0.39 is 18.0 Å². The first-order valence-corrected chi connectivity index (χ1v) is 6.64. The number of urea groups is 1. The van der Waals surface area contributed by atoms with Gasteiger partial charge in [-0.15, -0.1) is 0 Å². The number of nitrogens with one attached hydrogen (secondary N) is 2. The van der Waals surface area contributed by atoms with Crippen LogP contribution in [0, 0.1) is 5.82 Å². The zero-order valence-electron chi connectivity index (χ0n) is 11.2. The van der Waals surface area contributed by atoms with Gasteiger partial charge in [-0.25, -0.2) is 9.18 Å². The quantitative estimate of drug-likeness (QED) is 0.796. The normalized spacial score (nSPS) is 11.8. The van der Waals surface area contributed by atoms with E-state index in [-0.39, 0.29) is 10.7 Å². The van der Waals surface area contributed by atoms with Crippen LogP contribution in [-0.4, -0.2) is 11.1 Å². The highest BCUT2D eigenvalue weighted by Crippen LogP contribution is 2.19. The lowest BCUT2D eigenvalue weighted by Gasteiger charge is -2.09. The Balaban J connectivity index is 2.01. The summed E-state index contributed by atoms with van der Waals surface area (Å²) < 4.78 is 13.1. The Kier molecular flexibility index (Phi) is 4.77. The molecule has 0 saturated carbocycles. The number of hydrogen-bond donors (Lipinski definition) is 3. The fourth-order valence-electron chi connectivity index (χ4n) is 1.76. The molecule has 1 atom stereocenters. The summed E-state index contributed by atoms with van der Waals surface area (Å²) in [6.07, 6.45) is -0.567. The molecule has 0 radical (unpaired) electrons. The Bertz CT molecular complexity index is 624. The highest BCUT2D eigenvalue weighted by Gasteiger charge is 2.06. The SMILES string of the molecule is CC(O)c1ccc(NC(=O)Nc2cc(F)cc(Cl)c2)cc1. The monoisotopic (exact) mass is 308 g/mol. The summed E-state index contributed by atoms with van der Waals surface area (Å²) in [4.78, 5) is 11.8. The summed E-state index contributed by atoms with van der Waals surface area (Å²) in [6, 6.07) is 10.0. The van der Waals surface area contributed by atoms with Gasteiger partial charge in [0.25, 0.3) is 0 Å². The first kappa shape index (κ1) is 15.3. The minimum absolute atomic E-state index is 0.201. The second kappa shape index (κ2) is 6.56. The molecule has 0 spiro atoms. The summed E-state index contributed by atoms with van der Waals surface area (Å²) in [5.41, 5.74) is 1.57. The number of halogens is 2. The van der Waals surface area contributed by atoms with Gasteiger partial charge < -0.3 is 15.7 Å². The van der Waals surface area contributed by atoms with E-state index in [2.05, 4.69) is 10.6 Å². The third-order valence-corrected chi connectivity index (χ3v) is 2.99. The van der Waals surface area contributed by atoms with Crippen LogP contribution >= 0.6 is 11.6 Å². The number of anilines is 2. The number of aliphatic hydroxyl groups excluding tert-OH is 1. The Labute approximate surface area is 126 Å². The number of benzene rings is 2. The van der Waals surface area contributed by atoms with Gasteiger partial charge >= 0.3 is 6.03 Å². The van der Waals surface area contributed by atoms with E-state index in [0.29, 0.717) is 5.69 Å². The summed E-state index contributed by atoms with van der Waals surface area (Å²) in [6.45, 7) is 1.66. The number of aliphatic hydroxyl groups is 1. The van der Waals surface area contributed by atoms with Crippen molar-refractivity contribution in [1.82, 2.24) is 0 Å². The van der Waals surface area contributed by atoms with Crippen molar-refractivity contribution in [2.45, 2.75) is 13.0 Å². The summed E-state index contributed by atoms with van der Waals surface area (Å²) in [7, 11) is 0. The number of hydrogen-bond acceptors (Lipinski definition) is 2. The number of carbonyl (C=O) groups is 1. The van der Waals surface area contributed by atoms with Crippen molar-refractivity contribution in [1.29, 1.82) is 0 Å². The fraction of sp³-hybridized carbons (Fsp3) is 0.133. The second-order valence-corrected chi connectivity index (χ2v) is 4.97. The van der Waals surface area contributed by atoms with E-state index in [4.69, 9.17) is 11.6 Å². The second-order valence-electron chi connectivity index (χ2n) is 4.54. The van der Waals surface area contributed by atoms with Gasteiger partial charge in [-0.1, -0.05) is 23.7 Å². The lowest BCUT2D eigenvalue weighted by molar-refractivity contribution is 0.199. The smallest absolute Gasteiger partial charge is 0.323 e. The molecule has 0 aromatic heterocycles. The van der Waals surface area contributed by atoms with Crippen LogP contribution in [-0.2, 0) is 0 Å². The molecule has 0 bridgehead atoms. The van der Waals surface area contributed by atoms with Gasteiger partial charge in [0.1, 0.15) is 5.82 Å². The standard InChI is InChI=1S/C15H14ClFN2O2/c1-9(20)10-2-4-13(5-3-10)18-15(21)19-14-7-11(16)6-12(17)8-14/h2-9,20H,1H3,(H2,18,19,21). The minimum Gasteiger partial charge on any atom is -0.389 e. The Morgan fingerprint density at radius 1 is 1.14 bits per heavy atom. The molecule has 3 N–H and O–H groups in total. The largest absolute Gasteiger partial charge is 0.389 e. The van der Waals surface area contributed by atoms with Crippen LogP contribution in [0.3, 0.4) is 0 Å². The first-order chi connectivity index (χ1) is 9.94. The first-order valence-electron chi connectivity index (χ1n) is 6.26. The van der Waals surface area contributed by atoms with Crippen LogP contribution in [0.4, 0.5) is 20.6 Å². The van der Waals surface area contributed by atoms with E-state index >= 15 is 0 Å². The van der Waals surface area contributed by atoms with Crippen LogP contribution in [0.15, 0.2) is 42.5 Å². The molecular weight excluding hydrogens is 295 g/mol. The van der Waals surface area contributed by atoms with Gasteiger partial charge in [-0.05, 0) is 42.8 Å². The molecule has 21 heavy (non-hydrogen) atoms. The van der Waals surface area contributed by atoms with Gasteiger partial charge in [0.05, 0.1) is 6.10 Å². The molecular formula is C15H14ClFN2O2. The highest BCUT2D eigenvalue weighted by atomic mass is 35.5. The van der Waals surface area contributed by atoms with E-state index in [9.17, 15) is 14.3 Å². The maximum Gasteiger partial charge on any atom is 0.323 e. The molecule has 0 saturated heterocycles. The average molecular weight is 309 g/mol. The molecule has 0 fully saturated rings. The van der Waals surface area contributed by atoms with E-state index in [1.165, 1.54) is 12.1 Å². The third kappa shape index (κ3) is 4.44. The summed E-state index contributed by atoms with van der Waals surface area (Å²) >= 11 is 5.71. The zero-order chi connectivity index (χ0) is 15.4. The number of rotatable bonds is 3. The van der Waals surface area contributed by atoms with Crippen molar-refractivity contribution in [3.05, 3.63) is 58.9 Å². The molecule has 0 heterocycles. The van der Waals surface area contributed by atoms with Gasteiger partial charge in [-0.3, -0.25) is 0 Å².